The first-order chi connectivity index (χ1) is 10.6. The maximum Gasteiger partial charge on any atom is 0.277 e. The number of benzene rings is 1. The van der Waals surface area contributed by atoms with Gasteiger partial charge >= 0.3 is 0 Å². The Balaban J connectivity index is 1.88. The van der Waals surface area contributed by atoms with E-state index in [2.05, 4.69) is 24.4 Å². The molecule has 2 atom stereocenters. The maximum absolute atomic E-state index is 11.9. The van der Waals surface area contributed by atoms with Gasteiger partial charge in [-0.25, -0.2) is 5.43 Å². The van der Waals surface area contributed by atoms with E-state index >= 15 is 0 Å². The zero-order valence-corrected chi connectivity index (χ0v) is 13.5. The topological polar surface area (TPSA) is 59.9 Å². The second-order valence-corrected chi connectivity index (χ2v) is 5.74. The first-order valence-corrected chi connectivity index (χ1v) is 7.74. The Bertz CT molecular complexity index is 530. The first-order valence-electron chi connectivity index (χ1n) is 7.74. The number of nitrogens with zero attached hydrogens (tertiary/aromatic N) is 1. The number of carbonyl (C=O) groups is 1. The van der Waals surface area contributed by atoms with Gasteiger partial charge < -0.3 is 9.47 Å². The standard InChI is InChI=1S/C17H24N2O3/c1-12-7-6-8-13(2)17(12)19-18-16(20)11-22-15-10-5-4-9-14(15)21-3/h4-5,9-10,12-13H,6-8,11H2,1-3H3,(H,18,20)/t12-,13-/m0/s1. The molecule has 0 radical (unpaired) electrons. The van der Waals surface area contributed by atoms with Crippen LogP contribution in [0.4, 0.5) is 0 Å². The molecule has 1 N–H and O–H groups in total. The van der Waals surface area contributed by atoms with Gasteiger partial charge in [0.25, 0.3) is 5.91 Å². The SMILES string of the molecule is COc1ccccc1OCC(=O)NN=C1[C@@H](C)CCC[C@@H]1C. The quantitative estimate of drug-likeness (QED) is 0.851. The molecule has 0 heterocycles. The molecule has 0 unspecified atom stereocenters. The van der Waals surface area contributed by atoms with E-state index in [1.165, 1.54) is 6.42 Å². The Hall–Kier alpha value is -2.04. The molecule has 1 aliphatic carbocycles. The normalized spacial score (nSPS) is 21.1. The van der Waals surface area contributed by atoms with Crippen LogP contribution in [0.25, 0.3) is 0 Å². The highest BCUT2D eigenvalue weighted by Crippen LogP contribution is 2.26. The van der Waals surface area contributed by atoms with Crippen LogP contribution >= 0.6 is 0 Å². The van der Waals surface area contributed by atoms with Crippen molar-refractivity contribution < 1.29 is 14.3 Å². The van der Waals surface area contributed by atoms with Crippen molar-refractivity contribution >= 4 is 11.6 Å². The van der Waals surface area contributed by atoms with Crippen LogP contribution in [0, 0.1) is 11.8 Å². The van der Waals surface area contributed by atoms with Crippen LogP contribution in [0.2, 0.25) is 0 Å². The van der Waals surface area contributed by atoms with E-state index in [9.17, 15) is 4.79 Å². The summed E-state index contributed by atoms with van der Waals surface area (Å²) in [5.41, 5.74) is 3.68. The van der Waals surface area contributed by atoms with Gasteiger partial charge in [0, 0.05) is 5.71 Å². The second kappa shape index (κ2) is 7.82. The molecule has 120 valence electrons. The molecule has 0 saturated heterocycles. The van der Waals surface area contributed by atoms with E-state index in [0.717, 1.165) is 18.6 Å². The smallest absolute Gasteiger partial charge is 0.277 e. The number of hydrazone groups is 1. The van der Waals surface area contributed by atoms with Gasteiger partial charge in [-0.3, -0.25) is 4.79 Å². The Morgan fingerprint density at radius 1 is 1.23 bits per heavy atom. The first kappa shape index (κ1) is 16.3. The molecule has 1 aliphatic rings. The number of ether oxygens (including phenoxy) is 2. The highest BCUT2D eigenvalue weighted by Gasteiger charge is 2.23. The molecule has 0 bridgehead atoms. The Labute approximate surface area is 131 Å². The molecule has 5 nitrogen and oxygen atoms in total. The summed E-state index contributed by atoms with van der Waals surface area (Å²) in [5.74, 6) is 1.75. The van der Waals surface area contributed by atoms with Crippen LogP contribution in [0.5, 0.6) is 11.5 Å². The second-order valence-electron chi connectivity index (χ2n) is 5.74. The Morgan fingerprint density at radius 2 is 1.86 bits per heavy atom. The monoisotopic (exact) mass is 304 g/mol. The number of methoxy groups -OCH3 is 1. The summed E-state index contributed by atoms with van der Waals surface area (Å²) in [6, 6.07) is 7.24. The molecule has 0 aromatic heterocycles. The van der Waals surface area contributed by atoms with Crippen molar-refractivity contribution in [1.82, 2.24) is 5.43 Å². The zero-order chi connectivity index (χ0) is 15.9. The summed E-state index contributed by atoms with van der Waals surface area (Å²) < 4.78 is 10.7. The number of hydrogen-bond donors (Lipinski definition) is 1. The summed E-state index contributed by atoms with van der Waals surface area (Å²) >= 11 is 0. The minimum absolute atomic E-state index is 0.0834. The third kappa shape index (κ3) is 4.23. The summed E-state index contributed by atoms with van der Waals surface area (Å²) in [6.45, 7) is 4.23. The third-order valence-corrected chi connectivity index (χ3v) is 4.02. The van der Waals surface area contributed by atoms with E-state index < -0.39 is 0 Å². The van der Waals surface area contributed by atoms with Gasteiger partial charge in [0.2, 0.25) is 0 Å². The van der Waals surface area contributed by atoms with Crippen molar-refractivity contribution in [3.63, 3.8) is 0 Å². The average molecular weight is 304 g/mol. The lowest BCUT2D eigenvalue weighted by Gasteiger charge is -2.26. The van der Waals surface area contributed by atoms with Gasteiger partial charge in [-0.05, 0) is 36.8 Å². The number of rotatable bonds is 5. The lowest BCUT2D eigenvalue weighted by Crippen LogP contribution is -2.31. The van der Waals surface area contributed by atoms with E-state index in [1.807, 2.05) is 12.1 Å². The zero-order valence-electron chi connectivity index (χ0n) is 13.5. The Kier molecular flexibility index (Phi) is 5.81. The number of hydrogen-bond acceptors (Lipinski definition) is 4. The molecule has 1 amide bonds. The fourth-order valence-corrected chi connectivity index (χ4v) is 2.77. The predicted molar refractivity (Wildman–Crippen MR) is 86.2 cm³/mol. The maximum atomic E-state index is 11.9. The third-order valence-electron chi connectivity index (χ3n) is 4.02. The molecule has 22 heavy (non-hydrogen) atoms. The molecule has 1 saturated carbocycles. The van der Waals surface area contributed by atoms with Gasteiger partial charge in [0.15, 0.2) is 18.1 Å². The van der Waals surface area contributed by atoms with Gasteiger partial charge in [0.1, 0.15) is 0 Å². The Morgan fingerprint density at radius 3 is 2.50 bits per heavy atom. The minimum Gasteiger partial charge on any atom is -0.493 e. The molecule has 5 heteroatoms. The number of amides is 1. The fraction of sp³-hybridized carbons (Fsp3) is 0.529. The molecule has 0 aliphatic heterocycles. The van der Waals surface area contributed by atoms with E-state index in [0.29, 0.717) is 23.3 Å². The van der Waals surface area contributed by atoms with Crippen LogP contribution in [0.3, 0.4) is 0 Å². The largest absolute Gasteiger partial charge is 0.493 e. The molecule has 1 aromatic rings. The highest BCUT2D eigenvalue weighted by atomic mass is 16.5. The van der Waals surface area contributed by atoms with Gasteiger partial charge in [-0.1, -0.05) is 32.4 Å². The van der Waals surface area contributed by atoms with Crippen molar-refractivity contribution in [3.05, 3.63) is 24.3 Å². The number of nitrogens with one attached hydrogen (secondary N) is 1. The molecular weight excluding hydrogens is 280 g/mol. The number of carbonyl (C=O) groups excluding carboxylic acids is 1. The van der Waals surface area contributed by atoms with Crippen LogP contribution in [-0.4, -0.2) is 25.3 Å². The molecule has 2 rings (SSSR count). The van der Waals surface area contributed by atoms with Crippen LogP contribution in [0.15, 0.2) is 29.4 Å². The number of para-hydroxylation sites is 2. The van der Waals surface area contributed by atoms with Crippen molar-refractivity contribution in [2.24, 2.45) is 16.9 Å². The molecule has 1 fully saturated rings. The van der Waals surface area contributed by atoms with Crippen LogP contribution in [0.1, 0.15) is 33.1 Å². The summed E-state index contributed by atoms with van der Waals surface area (Å²) in [5, 5.41) is 4.31. The summed E-state index contributed by atoms with van der Waals surface area (Å²) in [7, 11) is 1.57. The molecular formula is C17H24N2O3. The predicted octanol–water partition coefficient (Wildman–Crippen LogP) is 3.00. The van der Waals surface area contributed by atoms with Crippen molar-refractivity contribution in [3.8, 4) is 11.5 Å². The van der Waals surface area contributed by atoms with Crippen LogP contribution < -0.4 is 14.9 Å². The van der Waals surface area contributed by atoms with Gasteiger partial charge in [0.05, 0.1) is 7.11 Å². The van der Waals surface area contributed by atoms with Crippen molar-refractivity contribution in [2.45, 2.75) is 33.1 Å². The lowest BCUT2D eigenvalue weighted by atomic mass is 9.81. The molecule has 0 spiro atoms. The van der Waals surface area contributed by atoms with Crippen molar-refractivity contribution in [1.29, 1.82) is 0 Å². The molecule has 1 aromatic carbocycles. The summed E-state index contributed by atoms with van der Waals surface area (Å²) in [6.07, 6.45) is 3.50. The van der Waals surface area contributed by atoms with Gasteiger partial charge in [-0.15, -0.1) is 0 Å². The minimum atomic E-state index is -0.261. The average Bonchev–Trinajstić information content (AvgIpc) is 2.52. The van der Waals surface area contributed by atoms with E-state index in [-0.39, 0.29) is 12.5 Å². The van der Waals surface area contributed by atoms with Gasteiger partial charge in [-0.2, -0.15) is 5.10 Å². The van der Waals surface area contributed by atoms with E-state index in [4.69, 9.17) is 9.47 Å². The lowest BCUT2D eigenvalue weighted by molar-refractivity contribution is -0.123. The highest BCUT2D eigenvalue weighted by molar-refractivity contribution is 5.90. The fourth-order valence-electron chi connectivity index (χ4n) is 2.77. The summed E-state index contributed by atoms with van der Waals surface area (Å²) in [4.78, 5) is 11.9. The van der Waals surface area contributed by atoms with Crippen molar-refractivity contribution in [2.75, 3.05) is 13.7 Å². The van der Waals surface area contributed by atoms with Crippen LogP contribution in [-0.2, 0) is 4.79 Å². The van der Waals surface area contributed by atoms with E-state index in [1.54, 1.807) is 19.2 Å².